The second kappa shape index (κ2) is 6.05. The van der Waals surface area contributed by atoms with Crippen molar-refractivity contribution in [2.24, 2.45) is 0 Å². The zero-order valence-corrected chi connectivity index (χ0v) is 12.0. The molecule has 0 saturated carbocycles. The van der Waals surface area contributed by atoms with E-state index in [0.29, 0.717) is 5.69 Å². The van der Waals surface area contributed by atoms with Crippen LogP contribution in [0, 0.1) is 0 Å². The Morgan fingerprint density at radius 2 is 1.90 bits per heavy atom. The van der Waals surface area contributed by atoms with Crippen LogP contribution in [0.25, 0.3) is 0 Å². The standard InChI is InChI=1S/C15H17N3OS/c19-14(18-9-5-2-6-10-18)13-11-20-15(17-13)16-12-7-3-1-4-8-12/h1,3-4,7-8,11H,2,5-6,9-10H2,(H,16,17). The van der Waals surface area contributed by atoms with Gasteiger partial charge < -0.3 is 10.2 Å². The molecule has 1 saturated heterocycles. The lowest BCUT2D eigenvalue weighted by Gasteiger charge is -2.25. The van der Waals surface area contributed by atoms with Crippen molar-refractivity contribution in [1.29, 1.82) is 0 Å². The number of likely N-dealkylation sites (tertiary alicyclic amines) is 1. The summed E-state index contributed by atoms with van der Waals surface area (Å²) in [6.07, 6.45) is 3.43. The molecule has 0 atom stereocenters. The highest BCUT2D eigenvalue weighted by molar-refractivity contribution is 7.14. The van der Waals surface area contributed by atoms with Gasteiger partial charge in [-0.1, -0.05) is 18.2 Å². The van der Waals surface area contributed by atoms with E-state index >= 15 is 0 Å². The lowest BCUT2D eigenvalue weighted by molar-refractivity contribution is 0.0719. The molecule has 0 aliphatic carbocycles. The lowest BCUT2D eigenvalue weighted by atomic mass is 10.1. The molecule has 1 aromatic carbocycles. The quantitative estimate of drug-likeness (QED) is 0.939. The summed E-state index contributed by atoms with van der Waals surface area (Å²) >= 11 is 1.47. The van der Waals surface area contributed by atoms with Gasteiger partial charge in [0, 0.05) is 24.2 Å². The van der Waals surface area contributed by atoms with E-state index in [1.165, 1.54) is 17.8 Å². The van der Waals surface area contributed by atoms with Crippen LogP contribution in [0.15, 0.2) is 35.7 Å². The molecule has 0 bridgehead atoms. The van der Waals surface area contributed by atoms with Crippen LogP contribution in [0.2, 0.25) is 0 Å². The van der Waals surface area contributed by atoms with Gasteiger partial charge in [-0.25, -0.2) is 4.98 Å². The van der Waals surface area contributed by atoms with Gasteiger partial charge in [-0.2, -0.15) is 0 Å². The Kier molecular flexibility index (Phi) is 3.97. The van der Waals surface area contributed by atoms with Gasteiger partial charge in [-0.3, -0.25) is 4.79 Å². The molecule has 4 nitrogen and oxygen atoms in total. The number of aromatic nitrogens is 1. The van der Waals surface area contributed by atoms with Crippen LogP contribution in [0.1, 0.15) is 29.8 Å². The number of piperidine rings is 1. The molecule has 1 aliphatic rings. The summed E-state index contributed by atoms with van der Waals surface area (Å²) in [7, 11) is 0. The van der Waals surface area contributed by atoms with Gasteiger partial charge in [0.1, 0.15) is 5.69 Å². The van der Waals surface area contributed by atoms with Gasteiger partial charge in [-0.05, 0) is 31.4 Å². The summed E-state index contributed by atoms with van der Waals surface area (Å²) in [4.78, 5) is 18.6. The van der Waals surface area contributed by atoms with Gasteiger partial charge in [0.25, 0.3) is 5.91 Å². The van der Waals surface area contributed by atoms with Crippen molar-refractivity contribution in [3.63, 3.8) is 0 Å². The first kappa shape index (κ1) is 13.1. The molecule has 20 heavy (non-hydrogen) atoms. The van der Waals surface area contributed by atoms with Crippen molar-refractivity contribution in [3.05, 3.63) is 41.4 Å². The summed E-state index contributed by atoms with van der Waals surface area (Å²) in [6.45, 7) is 1.72. The molecule has 1 aliphatic heterocycles. The Balaban J connectivity index is 1.68. The van der Waals surface area contributed by atoms with Crippen molar-refractivity contribution in [2.75, 3.05) is 18.4 Å². The fourth-order valence-corrected chi connectivity index (χ4v) is 3.04. The molecule has 1 N–H and O–H groups in total. The topological polar surface area (TPSA) is 45.2 Å². The monoisotopic (exact) mass is 287 g/mol. The van der Waals surface area contributed by atoms with E-state index in [2.05, 4.69) is 10.3 Å². The van der Waals surface area contributed by atoms with E-state index < -0.39 is 0 Å². The number of para-hydroxylation sites is 1. The normalized spacial score (nSPS) is 15.1. The zero-order chi connectivity index (χ0) is 13.8. The van der Waals surface area contributed by atoms with Gasteiger partial charge in [0.15, 0.2) is 5.13 Å². The summed E-state index contributed by atoms with van der Waals surface area (Å²) < 4.78 is 0. The number of amides is 1. The van der Waals surface area contributed by atoms with Crippen LogP contribution < -0.4 is 5.32 Å². The predicted molar refractivity (Wildman–Crippen MR) is 81.6 cm³/mol. The Labute approximate surface area is 122 Å². The molecule has 3 rings (SSSR count). The van der Waals surface area contributed by atoms with E-state index in [4.69, 9.17) is 0 Å². The molecular weight excluding hydrogens is 270 g/mol. The summed E-state index contributed by atoms with van der Waals surface area (Å²) in [5.74, 6) is 0.0575. The van der Waals surface area contributed by atoms with Crippen molar-refractivity contribution < 1.29 is 4.79 Å². The van der Waals surface area contributed by atoms with Crippen LogP contribution >= 0.6 is 11.3 Å². The Bertz CT molecular complexity index is 576. The summed E-state index contributed by atoms with van der Waals surface area (Å²) in [5.41, 5.74) is 1.54. The minimum atomic E-state index is 0.0575. The van der Waals surface area contributed by atoms with Crippen LogP contribution in [0.3, 0.4) is 0 Å². The van der Waals surface area contributed by atoms with Crippen molar-refractivity contribution in [1.82, 2.24) is 9.88 Å². The third kappa shape index (κ3) is 2.99. The lowest BCUT2D eigenvalue weighted by Crippen LogP contribution is -2.35. The molecule has 0 unspecified atom stereocenters. The first-order valence-electron chi connectivity index (χ1n) is 6.90. The molecule has 0 radical (unpaired) electrons. The van der Waals surface area contributed by atoms with Crippen molar-refractivity contribution in [2.45, 2.75) is 19.3 Å². The number of nitrogens with zero attached hydrogens (tertiary/aromatic N) is 2. The number of rotatable bonds is 3. The number of nitrogens with one attached hydrogen (secondary N) is 1. The number of carbonyl (C=O) groups is 1. The van der Waals surface area contributed by atoms with Gasteiger partial charge in [-0.15, -0.1) is 11.3 Å². The first-order chi connectivity index (χ1) is 9.83. The van der Waals surface area contributed by atoms with Crippen molar-refractivity contribution >= 4 is 28.1 Å². The number of hydrogen-bond acceptors (Lipinski definition) is 4. The average molecular weight is 287 g/mol. The highest BCUT2D eigenvalue weighted by Crippen LogP contribution is 2.22. The Hall–Kier alpha value is -1.88. The Morgan fingerprint density at radius 3 is 2.65 bits per heavy atom. The first-order valence-corrected chi connectivity index (χ1v) is 7.78. The molecule has 5 heteroatoms. The van der Waals surface area contributed by atoms with Crippen LogP contribution in [-0.2, 0) is 0 Å². The Morgan fingerprint density at radius 1 is 1.15 bits per heavy atom. The van der Waals surface area contributed by atoms with E-state index in [9.17, 15) is 4.79 Å². The molecule has 0 spiro atoms. The molecule has 1 fully saturated rings. The third-order valence-electron chi connectivity index (χ3n) is 3.39. The van der Waals surface area contributed by atoms with E-state index in [1.807, 2.05) is 40.6 Å². The fraction of sp³-hybridized carbons (Fsp3) is 0.333. The van der Waals surface area contributed by atoms with Crippen LogP contribution in [-0.4, -0.2) is 28.9 Å². The molecule has 1 amide bonds. The molecule has 2 heterocycles. The van der Waals surface area contributed by atoms with E-state index in [-0.39, 0.29) is 5.91 Å². The van der Waals surface area contributed by atoms with E-state index in [1.54, 1.807) is 0 Å². The summed E-state index contributed by atoms with van der Waals surface area (Å²) in [6, 6.07) is 9.87. The maximum Gasteiger partial charge on any atom is 0.273 e. The maximum atomic E-state index is 12.3. The van der Waals surface area contributed by atoms with Crippen LogP contribution in [0.4, 0.5) is 10.8 Å². The number of benzene rings is 1. The van der Waals surface area contributed by atoms with Crippen LogP contribution in [0.5, 0.6) is 0 Å². The second-order valence-corrected chi connectivity index (χ2v) is 5.74. The average Bonchev–Trinajstić information content (AvgIpc) is 2.97. The number of hydrogen-bond donors (Lipinski definition) is 1. The number of thiazole rings is 1. The SMILES string of the molecule is O=C(c1csc(Nc2ccccc2)n1)N1CCCCC1. The third-order valence-corrected chi connectivity index (χ3v) is 4.15. The minimum Gasteiger partial charge on any atom is -0.337 e. The van der Waals surface area contributed by atoms with Gasteiger partial charge in [0.2, 0.25) is 0 Å². The van der Waals surface area contributed by atoms with Crippen molar-refractivity contribution in [3.8, 4) is 0 Å². The van der Waals surface area contributed by atoms with Gasteiger partial charge in [0.05, 0.1) is 0 Å². The summed E-state index contributed by atoms with van der Waals surface area (Å²) in [5, 5.41) is 5.81. The second-order valence-electron chi connectivity index (χ2n) is 4.88. The molecular formula is C15H17N3OS. The highest BCUT2D eigenvalue weighted by atomic mass is 32.1. The molecule has 1 aromatic heterocycles. The van der Waals surface area contributed by atoms with Gasteiger partial charge >= 0.3 is 0 Å². The zero-order valence-electron chi connectivity index (χ0n) is 11.2. The largest absolute Gasteiger partial charge is 0.337 e. The minimum absolute atomic E-state index is 0.0575. The van der Waals surface area contributed by atoms with E-state index in [0.717, 1.165) is 36.8 Å². The fourth-order valence-electron chi connectivity index (χ4n) is 2.33. The predicted octanol–water partition coefficient (Wildman–Crippen LogP) is 3.51. The smallest absolute Gasteiger partial charge is 0.273 e. The highest BCUT2D eigenvalue weighted by Gasteiger charge is 2.20. The number of carbonyl (C=O) groups excluding carboxylic acids is 1. The maximum absolute atomic E-state index is 12.3. The number of anilines is 2. The molecule has 2 aromatic rings. The molecule has 104 valence electrons.